The SMILES string of the molecule is COCCn1ncc(Br)c1C(N)C1CCC(C)(C)CC1. The topological polar surface area (TPSA) is 53.1 Å². The molecule has 1 atom stereocenters. The van der Waals surface area contributed by atoms with Crippen molar-refractivity contribution in [3.63, 3.8) is 0 Å². The van der Waals surface area contributed by atoms with Crippen molar-refractivity contribution in [2.75, 3.05) is 13.7 Å². The normalized spacial score (nSPS) is 21.1. The van der Waals surface area contributed by atoms with E-state index in [1.165, 1.54) is 25.7 Å². The van der Waals surface area contributed by atoms with Crippen LogP contribution in [0.25, 0.3) is 0 Å². The summed E-state index contributed by atoms with van der Waals surface area (Å²) < 4.78 is 8.15. The first-order valence-electron chi connectivity index (χ1n) is 7.40. The highest BCUT2D eigenvalue weighted by Crippen LogP contribution is 2.42. The minimum Gasteiger partial charge on any atom is -0.383 e. The Morgan fingerprint density at radius 2 is 2.15 bits per heavy atom. The van der Waals surface area contributed by atoms with Crippen molar-refractivity contribution < 1.29 is 4.74 Å². The molecule has 0 saturated heterocycles. The molecule has 1 aromatic heterocycles. The fraction of sp³-hybridized carbons (Fsp3) is 0.800. The van der Waals surface area contributed by atoms with Gasteiger partial charge in [-0.25, -0.2) is 0 Å². The number of halogens is 1. The number of rotatable bonds is 5. The standard InChI is InChI=1S/C15H26BrN3O/c1-15(2)6-4-11(5-7-15)13(17)14-12(16)10-18-19(14)8-9-20-3/h10-11,13H,4-9,17H2,1-3H3. The maximum atomic E-state index is 6.54. The fourth-order valence-electron chi connectivity index (χ4n) is 3.06. The van der Waals surface area contributed by atoms with Crippen LogP contribution >= 0.6 is 15.9 Å². The van der Waals surface area contributed by atoms with E-state index in [4.69, 9.17) is 10.5 Å². The average Bonchev–Trinajstić information content (AvgIpc) is 2.76. The summed E-state index contributed by atoms with van der Waals surface area (Å²) in [6.45, 7) is 6.12. The van der Waals surface area contributed by atoms with Gasteiger partial charge >= 0.3 is 0 Å². The van der Waals surface area contributed by atoms with E-state index in [-0.39, 0.29) is 6.04 Å². The smallest absolute Gasteiger partial charge is 0.0697 e. The quantitative estimate of drug-likeness (QED) is 0.889. The minimum atomic E-state index is 0.0554. The molecule has 5 heteroatoms. The Kier molecular flexibility index (Phi) is 5.26. The van der Waals surface area contributed by atoms with Crippen LogP contribution in [-0.4, -0.2) is 23.5 Å². The first-order valence-corrected chi connectivity index (χ1v) is 8.19. The van der Waals surface area contributed by atoms with Crippen LogP contribution in [-0.2, 0) is 11.3 Å². The third-order valence-corrected chi connectivity index (χ3v) is 5.16. The van der Waals surface area contributed by atoms with Crippen molar-refractivity contribution in [1.82, 2.24) is 9.78 Å². The van der Waals surface area contributed by atoms with Crippen LogP contribution in [0, 0.1) is 11.3 Å². The molecule has 1 saturated carbocycles. The van der Waals surface area contributed by atoms with Gasteiger partial charge in [0.2, 0.25) is 0 Å². The lowest BCUT2D eigenvalue weighted by molar-refractivity contribution is 0.164. The van der Waals surface area contributed by atoms with E-state index >= 15 is 0 Å². The van der Waals surface area contributed by atoms with Crippen molar-refractivity contribution in [3.05, 3.63) is 16.4 Å². The average molecular weight is 344 g/mol. The highest BCUT2D eigenvalue weighted by molar-refractivity contribution is 9.10. The molecule has 0 aliphatic heterocycles. The molecular formula is C15H26BrN3O. The highest BCUT2D eigenvalue weighted by atomic mass is 79.9. The lowest BCUT2D eigenvalue weighted by Gasteiger charge is -2.37. The zero-order valence-corrected chi connectivity index (χ0v) is 14.3. The van der Waals surface area contributed by atoms with E-state index in [0.29, 0.717) is 17.9 Å². The second-order valence-electron chi connectivity index (χ2n) is 6.62. The van der Waals surface area contributed by atoms with Crippen LogP contribution in [0.4, 0.5) is 0 Å². The summed E-state index contributed by atoms with van der Waals surface area (Å²) >= 11 is 3.59. The second-order valence-corrected chi connectivity index (χ2v) is 7.48. The van der Waals surface area contributed by atoms with Gasteiger partial charge in [-0.3, -0.25) is 4.68 Å². The Hall–Kier alpha value is -0.390. The number of methoxy groups -OCH3 is 1. The number of nitrogens with two attached hydrogens (primary N) is 1. The van der Waals surface area contributed by atoms with Crippen LogP contribution in [0.15, 0.2) is 10.7 Å². The van der Waals surface area contributed by atoms with E-state index in [2.05, 4.69) is 34.9 Å². The van der Waals surface area contributed by atoms with Gasteiger partial charge in [0.15, 0.2) is 0 Å². The Bertz CT molecular complexity index is 434. The van der Waals surface area contributed by atoms with Crippen LogP contribution in [0.1, 0.15) is 51.3 Å². The molecular weight excluding hydrogens is 318 g/mol. The summed E-state index contributed by atoms with van der Waals surface area (Å²) in [5.74, 6) is 0.553. The molecule has 2 rings (SSSR count). The van der Waals surface area contributed by atoms with Crippen molar-refractivity contribution in [2.24, 2.45) is 17.1 Å². The second kappa shape index (κ2) is 6.58. The van der Waals surface area contributed by atoms with Gasteiger partial charge in [0.1, 0.15) is 0 Å². The lowest BCUT2D eigenvalue weighted by atomic mass is 9.71. The molecule has 4 nitrogen and oxygen atoms in total. The molecule has 1 aliphatic rings. The summed E-state index contributed by atoms with van der Waals surface area (Å²) in [6, 6.07) is 0.0554. The Morgan fingerprint density at radius 1 is 1.50 bits per heavy atom. The number of hydrogen-bond acceptors (Lipinski definition) is 3. The first kappa shape index (κ1) is 16.0. The molecule has 0 aromatic carbocycles. The van der Waals surface area contributed by atoms with Crippen LogP contribution < -0.4 is 5.73 Å². The maximum absolute atomic E-state index is 6.54. The lowest BCUT2D eigenvalue weighted by Crippen LogP contribution is -2.31. The van der Waals surface area contributed by atoms with Crippen molar-refractivity contribution in [1.29, 1.82) is 0 Å². The van der Waals surface area contributed by atoms with Gasteiger partial charge in [-0.15, -0.1) is 0 Å². The van der Waals surface area contributed by atoms with Gasteiger partial charge in [-0.1, -0.05) is 13.8 Å². The fourth-order valence-corrected chi connectivity index (χ4v) is 3.62. The third-order valence-electron chi connectivity index (χ3n) is 4.55. The molecule has 0 spiro atoms. The molecule has 2 N–H and O–H groups in total. The molecule has 1 aromatic rings. The summed E-state index contributed by atoms with van der Waals surface area (Å²) in [5, 5.41) is 4.41. The van der Waals surface area contributed by atoms with Crippen molar-refractivity contribution in [3.8, 4) is 0 Å². The molecule has 0 amide bonds. The van der Waals surface area contributed by atoms with Gasteiger partial charge in [-0.2, -0.15) is 5.10 Å². The molecule has 1 heterocycles. The molecule has 20 heavy (non-hydrogen) atoms. The Balaban J connectivity index is 2.09. The molecule has 1 unspecified atom stereocenters. The minimum absolute atomic E-state index is 0.0554. The van der Waals surface area contributed by atoms with E-state index in [9.17, 15) is 0 Å². The Labute approximate surface area is 130 Å². The zero-order chi connectivity index (χ0) is 14.8. The predicted octanol–water partition coefficient (Wildman–Crippen LogP) is 3.51. The molecule has 114 valence electrons. The van der Waals surface area contributed by atoms with E-state index in [0.717, 1.165) is 16.7 Å². The number of nitrogens with zero attached hydrogens (tertiary/aromatic N) is 2. The number of aromatic nitrogens is 2. The Morgan fingerprint density at radius 3 is 2.75 bits per heavy atom. The monoisotopic (exact) mass is 343 g/mol. The molecule has 0 radical (unpaired) electrons. The van der Waals surface area contributed by atoms with E-state index < -0.39 is 0 Å². The third kappa shape index (κ3) is 3.62. The summed E-state index contributed by atoms with van der Waals surface area (Å²) in [7, 11) is 1.71. The number of ether oxygens (including phenoxy) is 1. The van der Waals surface area contributed by atoms with E-state index in [1.54, 1.807) is 7.11 Å². The predicted molar refractivity (Wildman–Crippen MR) is 84.5 cm³/mol. The largest absolute Gasteiger partial charge is 0.383 e. The number of hydrogen-bond donors (Lipinski definition) is 1. The van der Waals surface area contributed by atoms with Gasteiger partial charge in [0, 0.05) is 7.11 Å². The van der Waals surface area contributed by atoms with Crippen LogP contribution in [0.2, 0.25) is 0 Å². The highest BCUT2D eigenvalue weighted by Gasteiger charge is 2.32. The van der Waals surface area contributed by atoms with Gasteiger partial charge in [-0.05, 0) is 52.9 Å². The van der Waals surface area contributed by atoms with Crippen LogP contribution in [0.3, 0.4) is 0 Å². The summed E-state index contributed by atoms with van der Waals surface area (Å²) in [4.78, 5) is 0. The van der Waals surface area contributed by atoms with Gasteiger partial charge in [0.05, 0.1) is 35.6 Å². The maximum Gasteiger partial charge on any atom is 0.0697 e. The molecule has 1 fully saturated rings. The summed E-state index contributed by atoms with van der Waals surface area (Å²) in [6.07, 6.45) is 6.77. The van der Waals surface area contributed by atoms with Gasteiger partial charge < -0.3 is 10.5 Å². The zero-order valence-electron chi connectivity index (χ0n) is 12.7. The van der Waals surface area contributed by atoms with E-state index in [1.807, 2.05) is 10.9 Å². The van der Waals surface area contributed by atoms with Crippen LogP contribution in [0.5, 0.6) is 0 Å². The van der Waals surface area contributed by atoms with Gasteiger partial charge in [0.25, 0.3) is 0 Å². The first-order chi connectivity index (χ1) is 9.44. The van der Waals surface area contributed by atoms with Crippen molar-refractivity contribution >= 4 is 15.9 Å². The summed E-state index contributed by atoms with van der Waals surface area (Å²) in [5.41, 5.74) is 8.14. The molecule has 1 aliphatic carbocycles. The molecule has 0 bridgehead atoms. The van der Waals surface area contributed by atoms with Crippen molar-refractivity contribution in [2.45, 2.75) is 52.1 Å².